The summed E-state index contributed by atoms with van der Waals surface area (Å²) in [7, 11) is 0. The molecule has 0 aromatic rings. The molecule has 0 spiro atoms. The van der Waals surface area contributed by atoms with Gasteiger partial charge in [-0.3, -0.25) is 4.79 Å². The van der Waals surface area contributed by atoms with Crippen molar-refractivity contribution in [3.05, 3.63) is 0 Å². The summed E-state index contributed by atoms with van der Waals surface area (Å²) in [6.07, 6.45) is 11.5. The zero-order valence-electron chi connectivity index (χ0n) is 10.9. The highest BCUT2D eigenvalue weighted by atomic mass is 32.2. The zero-order chi connectivity index (χ0) is 12.5. The van der Waals surface area contributed by atoms with Crippen molar-refractivity contribution in [2.24, 2.45) is 5.73 Å². The molecule has 0 saturated heterocycles. The lowest BCUT2D eigenvalue weighted by Gasteiger charge is -2.22. The van der Waals surface area contributed by atoms with Gasteiger partial charge in [-0.2, -0.15) is 11.8 Å². The summed E-state index contributed by atoms with van der Waals surface area (Å²) in [6.45, 7) is 0. The van der Waals surface area contributed by atoms with Crippen LogP contribution in [0.4, 0.5) is 0 Å². The number of carbonyl (C=O) groups is 1. The standard InChI is InChI=1S/C13H26N2OS/c1-17-10-9-12(14)13(16)15-11-7-5-3-2-4-6-8-11/h11-12H,2-10,14H2,1H3,(H,15,16)/t12-/m0/s1. The van der Waals surface area contributed by atoms with Crippen molar-refractivity contribution in [3.8, 4) is 0 Å². The molecule has 100 valence electrons. The molecule has 3 nitrogen and oxygen atoms in total. The molecule has 0 aromatic carbocycles. The van der Waals surface area contributed by atoms with Gasteiger partial charge in [-0.25, -0.2) is 0 Å². The van der Waals surface area contributed by atoms with Crippen LogP contribution in [0.2, 0.25) is 0 Å². The van der Waals surface area contributed by atoms with Gasteiger partial charge in [0.1, 0.15) is 0 Å². The molecular weight excluding hydrogens is 232 g/mol. The van der Waals surface area contributed by atoms with Gasteiger partial charge in [-0.05, 0) is 31.3 Å². The first-order valence-electron chi connectivity index (χ1n) is 6.79. The Balaban J connectivity index is 2.27. The Kier molecular flexibility index (Phi) is 7.69. The van der Waals surface area contributed by atoms with Gasteiger partial charge in [-0.15, -0.1) is 0 Å². The highest BCUT2D eigenvalue weighted by Crippen LogP contribution is 2.17. The maximum atomic E-state index is 11.9. The Morgan fingerprint density at radius 1 is 1.29 bits per heavy atom. The van der Waals surface area contributed by atoms with Crippen LogP contribution in [0.1, 0.15) is 51.4 Å². The van der Waals surface area contributed by atoms with Crippen LogP contribution in [-0.4, -0.2) is 30.0 Å². The van der Waals surface area contributed by atoms with E-state index < -0.39 is 0 Å². The van der Waals surface area contributed by atoms with Gasteiger partial charge < -0.3 is 11.1 Å². The Morgan fingerprint density at radius 3 is 2.47 bits per heavy atom. The van der Waals surface area contributed by atoms with Crippen molar-refractivity contribution >= 4 is 17.7 Å². The third kappa shape index (κ3) is 6.32. The van der Waals surface area contributed by atoms with Crippen molar-refractivity contribution < 1.29 is 4.79 Å². The van der Waals surface area contributed by atoms with Gasteiger partial charge in [0.05, 0.1) is 6.04 Å². The molecule has 0 heterocycles. The fraction of sp³-hybridized carbons (Fsp3) is 0.923. The molecule has 0 aliphatic heterocycles. The number of carbonyl (C=O) groups excluding carboxylic acids is 1. The molecule has 0 bridgehead atoms. The smallest absolute Gasteiger partial charge is 0.237 e. The second kappa shape index (κ2) is 8.81. The monoisotopic (exact) mass is 258 g/mol. The SMILES string of the molecule is CSCC[C@H](N)C(=O)NC1CCCCCCC1. The van der Waals surface area contributed by atoms with E-state index in [0.717, 1.165) is 25.0 Å². The largest absolute Gasteiger partial charge is 0.352 e. The van der Waals surface area contributed by atoms with E-state index in [-0.39, 0.29) is 11.9 Å². The molecule has 3 N–H and O–H groups in total. The van der Waals surface area contributed by atoms with Gasteiger partial charge in [-0.1, -0.05) is 32.1 Å². The summed E-state index contributed by atoms with van der Waals surface area (Å²) in [5.41, 5.74) is 5.87. The summed E-state index contributed by atoms with van der Waals surface area (Å²) < 4.78 is 0. The minimum Gasteiger partial charge on any atom is -0.352 e. The third-order valence-electron chi connectivity index (χ3n) is 3.42. The molecule has 1 rings (SSSR count). The fourth-order valence-corrected chi connectivity index (χ4v) is 2.77. The fourth-order valence-electron chi connectivity index (χ4n) is 2.28. The van der Waals surface area contributed by atoms with E-state index in [2.05, 4.69) is 5.32 Å². The average Bonchev–Trinajstić information content (AvgIpc) is 2.29. The normalized spacial score (nSPS) is 20.4. The van der Waals surface area contributed by atoms with Crippen molar-refractivity contribution in [2.45, 2.75) is 63.5 Å². The van der Waals surface area contributed by atoms with E-state index in [1.165, 1.54) is 32.1 Å². The van der Waals surface area contributed by atoms with E-state index in [1.807, 2.05) is 6.26 Å². The van der Waals surface area contributed by atoms with E-state index >= 15 is 0 Å². The molecule has 4 heteroatoms. The van der Waals surface area contributed by atoms with Crippen LogP contribution in [0.25, 0.3) is 0 Å². The number of hydrogen-bond donors (Lipinski definition) is 2. The van der Waals surface area contributed by atoms with Gasteiger partial charge >= 0.3 is 0 Å². The summed E-state index contributed by atoms with van der Waals surface area (Å²) >= 11 is 1.74. The summed E-state index contributed by atoms with van der Waals surface area (Å²) in [5, 5.41) is 3.12. The van der Waals surface area contributed by atoms with Crippen LogP contribution >= 0.6 is 11.8 Å². The maximum Gasteiger partial charge on any atom is 0.237 e. The van der Waals surface area contributed by atoms with Gasteiger partial charge in [0.15, 0.2) is 0 Å². The van der Waals surface area contributed by atoms with Crippen LogP contribution in [-0.2, 0) is 4.79 Å². The first kappa shape index (κ1) is 14.8. The topological polar surface area (TPSA) is 55.1 Å². The van der Waals surface area contributed by atoms with Gasteiger partial charge in [0, 0.05) is 6.04 Å². The lowest BCUT2D eigenvalue weighted by atomic mass is 9.96. The van der Waals surface area contributed by atoms with E-state index in [0.29, 0.717) is 6.04 Å². The predicted molar refractivity (Wildman–Crippen MR) is 75.2 cm³/mol. The maximum absolute atomic E-state index is 11.9. The Labute approximate surface area is 109 Å². The van der Waals surface area contributed by atoms with Gasteiger partial charge in [0.2, 0.25) is 5.91 Å². The quantitative estimate of drug-likeness (QED) is 0.795. The Morgan fingerprint density at radius 2 is 1.88 bits per heavy atom. The lowest BCUT2D eigenvalue weighted by molar-refractivity contribution is -0.123. The molecule has 1 aliphatic rings. The van der Waals surface area contributed by atoms with Crippen molar-refractivity contribution in [3.63, 3.8) is 0 Å². The first-order valence-corrected chi connectivity index (χ1v) is 8.18. The van der Waals surface area contributed by atoms with Gasteiger partial charge in [0.25, 0.3) is 0 Å². The summed E-state index contributed by atoms with van der Waals surface area (Å²) in [4.78, 5) is 11.9. The number of nitrogens with two attached hydrogens (primary N) is 1. The molecule has 1 saturated carbocycles. The first-order chi connectivity index (χ1) is 8.24. The lowest BCUT2D eigenvalue weighted by Crippen LogP contribution is -2.45. The van der Waals surface area contributed by atoms with Crippen LogP contribution in [0.15, 0.2) is 0 Å². The molecule has 17 heavy (non-hydrogen) atoms. The van der Waals surface area contributed by atoms with E-state index in [9.17, 15) is 4.79 Å². The molecule has 1 aliphatic carbocycles. The Hall–Kier alpha value is -0.220. The zero-order valence-corrected chi connectivity index (χ0v) is 11.7. The van der Waals surface area contributed by atoms with E-state index in [4.69, 9.17) is 5.73 Å². The molecule has 0 unspecified atom stereocenters. The number of amides is 1. The number of nitrogens with one attached hydrogen (secondary N) is 1. The molecular formula is C13H26N2OS. The molecule has 0 aromatic heterocycles. The van der Waals surface area contributed by atoms with Crippen molar-refractivity contribution in [2.75, 3.05) is 12.0 Å². The molecule has 1 fully saturated rings. The third-order valence-corrected chi connectivity index (χ3v) is 4.07. The van der Waals surface area contributed by atoms with Crippen LogP contribution in [0.3, 0.4) is 0 Å². The van der Waals surface area contributed by atoms with Crippen LogP contribution in [0.5, 0.6) is 0 Å². The second-order valence-corrected chi connectivity index (χ2v) is 5.92. The number of thioether (sulfide) groups is 1. The highest BCUT2D eigenvalue weighted by Gasteiger charge is 2.18. The average molecular weight is 258 g/mol. The molecule has 0 radical (unpaired) electrons. The minimum atomic E-state index is -0.326. The molecule has 1 amide bonds. The predicted octanol–water partition coefficient (Wildman–Crippen LogP) is 2.30. The molecule has 1 atom stereocenters. The van der Waals surface area contributed by atoms with Crippen molar-refractivity contribution in [1.29, 1.82) is 0 Å². The second-order valence-electron chi connectivity index (χ2n) is 4.94. The highest BCUT2D eigenvalue weighted by molar-refractivity contribution is 7.98. The van der Waals surface area contributed by atoms with Crippen LogP contribution < -0.4 is 11.1 Å². The van der Waals surface area contributed by atoms with Crippen molar-refractivity contribution in [1.82, 2.24) is 5.32 Å². The summed E-state index contributed by atoms with van der Waals surface area (Å²) in [6, 6.07) is 0.0380. The number of hydrogen-bond acceptors (Lipinski definition) is 3. The Bertz CT molecular complexity index is 215. The minimum absolute atomic E-state index is 0.0459. The van der Waals surface area contributed by atoms with E-state index in [1.54, 1.807) is 11.8 Å². The number of rotatable bonds is 5. The van der Waals surface area contributed by atoms with Crippen LogP contribution in [0, 0.1) is 0 Å². The summed E-state index contributed by atoms with van der Waals surface area (Å²) in [5.74, 6) is 1.00.